The van der Waals surface area contributed by atoms with Crippen molar-refractivity contribution in [3.05, 3.63) is 100.0 Å². The van der Waals surface area contributed by atoms with Crippen LogP contribution in [-0.2, 0) is 6.42 Å². The Kier molecular flexibility index (Phi) is 8.10. The van der Waals surface area contributed by atoms with Crippen LogP contribution in [0.25, 0.3) is 11.4 Å². The first-order chi connectivity index (χ1) is 18.8. The number of H-pyrrole nitrogens is 1. The minimum absolute atomic E-state index is 0.0773. The zero-order valence-corrected chi connectivity index (χ0v) is 21.1. The number of carboxylic acid groups (broad SMARTS) is 1. The zero-order valence-electron chi connectivity index (χ0n) is 21.1. The van der Waals surface area contributed by atoms with Crippen LogP contribution in [0, 0.1) is 0 Å². The van der Waals surface area contributed by atoms with E-state index in [1.165, 1.54) is 13.2 Å². The number of ether oxygens (including phenoxy) is 2. The van der Waals surface area contributed by atoms with Gasteiger partial charge in [0.05, 0.1) is 20.3 Å². The van der Waals surface area contributed by atoms with E-state index in [0.717, 1.165) is 11.1 Å². The van der Waals surface area contributed by atoms with Crippen molar-refractivity contribution >= 4 is 17.7 Å². The molecule has 0 spiro atoms. The summed E-state index contributed by atoms with van der Waals surface area (Å²) in [4.78, 5) is 42.6. The fourth-order valence-electron chi connectivity index (χ4n) is 3.99. The SMILES string of the molecule is COc1ccc(C(Cc2ccccc2)NC(=O)Nc2cccc(-c3nc(C(=O)O)c(O)c(=O)[nH]3)c2)cc1OC. The number of carbonyl (C=O) groups is 2. The molecule has 5 N–H and O–H groups in total. The van der Waals surface area contributed by atoms with Crippen molar-refractivity contribution in [1.29, 1.82) is 0 Å². The number of nitrogens with zero attached hydrogens (tertiary/aromatic N) is 1. The average molecular weight is 531 g/mol. The Morgan fingerprint density at radius 1 is 0.974 bits per heavy atom. The lowest BCUT2D eigenvalue weighted by molar-refractivity contribution is 0.0686. The van der Waals surface area contributed by atoms with Gasteiger partial charge in [0.2, 0.25) is 5.75 Å². The summed E-state index contributed by atoms with van der Waals surface area (Å²) in [5, 5.41) is 24.7. The van der Waals surface area contributed by atoms with Crippen LogP contribution in [0.2, 0.25) is 0 Å². The second-order valence-corrected chi connectivity index (χ2v) is 8.45. The molecule has 2 amide bonds. The third kappa shape index (κ3) is 6.34. The van der Waals surface area contributed by atoms with Crippen LogP contribution >= 0.6 is 0 Å². The van der Waals surface area contributed by atoms with Crippen molar-refractivity contribution in [2.75, 3.05) is 19.5 Å². The van der Waals surface area contributed by atoms with Crippen molar-refractivity contribution in [1.82, 2.24) is 15.3 Å². The number of hydrogen-bond acceptors (Lipinski definition) is 7. The van der Waals surface area contributed by atoms with Crippen LogP contribution in [0.5, 0.6) is 17.2 Å². The summed E-state index contributed by atoms with van der Waals surface area (Å²) < 4.78 is 10.8. The van der Waals surface area contributed by atoms with Gasteiger partial charge in [-0.2, -0.15) is 0 Å². The summed E-state index contributed by atoms with van der Waals surface area (Å²) >= 11 is 0. The van der Waals surface area contributed by atoms with Crippen molar-refractivity contribution in [3.63, 3.8) is 0 Å². The van der Waals surface area contributed by atoms with Crippen molar-refractivity contribution in [2.45, 2.75) is 12.5 Å². The lowest BCUT2D eigenvalue weighted by atomic mass is 9.98. The summed E-state index contributed by atoms with van der Waals surface area (Å²) in [5.41, 5.74) is 0.732. The number of benzene rings is 3. The van der Waals surface area contributed by atoms with Gasteiger partial charge >= 0.3 is 12.0 Å². The van der Waals surface area contributed by atoms with E-state index < -0.39 is 35.0 Å². The Morgan fingerprint density at radius 3 is 2.41 bits per heavy atom. The lowest BCUT2D eigenvalue weighted by Gasteiger charge is -2.21. The standard InChI is InChI=1S/C28H26N4O7/c1-38-21-12-11-17(15-22(21)39-2)20(13-16-7-4-3-5-8-16)30-28(37)29-19-10-6-9-18(14-19)25-31-23(27(35)36)24(33)26(34)32-25/h3-12,14-15,20,33H,13H2,1-2H3,(H,35,36)(H2,29,30,37)(H,31,32,34). The molecule has 11 nitrogen and oxygen atoms in total. The normalized spacial score (nSPS) is 11.3. The minimum Gasteiger partial charge on any atom is -0.501 e. The molecule has 0 aliphatic rings. The maximum absolute atomic E-state index is 13.1. The molecule has 200 valence electrons. The monoisotopic (exact) mass is 530 g/mol. The molecule has 0 fully saturated rings. The quantitative estimate of drug-likeness (QED) is 0.217. The van der Waals surface area contributed by atoms with Gasteiger partial charge in [0.25, 0.3) is 5.56 Å². The van der Waals surface area contributed by atoms with Crippen LogP contribution in [0.15, 0.2) is 77.6 Å². The Hall–Kier alpha value is -5.32. The molecule has 0 aliphatic carbocycles. The third-order valence-corrected chi connectivity index (χ3v) is 5.89. The number of carboxylic acids is 1. The van der Waals surface area contributed by atoms with Crippen molar-refractivity contribution in [3.8, 4) is 28.6 Å². The fraction of sp³-hybridized carbons (Fsp3) is 0.143. The van der Waals surface area contributed by atoms with E-state index in [1.807, 2.05) is 36.4 Å². The molecule has 0 bridgehead atoms. The van der Waals surface area contributed by atoms with Gasteiger partial charge in [-0.05, 0) is 41.8 Å². The van der Waals surface area contributed by atoms with Gasteiger partial charge in [-0.1, -0.05) is 48.5 Å². The van der Waals surface area contributed by atoms with E-state index in [4.69, 9.17) is 9.47 Å². The lowest BCUT2D eigenvalue weighted by Crippen LogP contribution is -2.33. The first-order valence-electron chi connectivity index (χ1n) is 11.8. The molecule has 4 rings (SSSR count). The maximum atomic E-state index is 13.1. The zero-order chi connectivity index (χ0) is 27.9. The average Bonchev–Trinajstić information content (AvgIpc) is 2.94. The first-order valence-corrected chi connectivity index (χ1v) is 11.8. The number of aromatic carboxylic acids is 1. The Labute approximate surface area is 223 Å². The number of aromatic nitrogens is 2. The highest BCUT2D eigenvalue weighted by atomic mass is 16.5. The van der Waals surface area contributed by atoms with E-state index in [-0.39, 0.29) is 5.82 Å². The first kappa shape index (κ1) is 26.7. The molecule has 0 saturated carbocycles. The number of anilines is 1. The van der Waals surface area contributed by atoms with Crippen molar-refractivity contribution < 1.29 is 29.3 Å². The van der Waals surface area contributed by atoms with Crippen LogP contribution in [-0.4, -0.2) is 46.4 Å². The van der Waals surface area contributed by atoms with Crippen LogP contribution in [0.3, 0.4) is 0 Å². The summed E-state index contributed by atoms with van der Waals surface area (Å²) in [5.74, 6) is -1.52. The third-order valence-electron chi connectivity index (χ3n) is 5.89. The molecule has 39 heavy (non-hydrogen) atoms. The van der Waals surface area contributed by atoms with Crippen LogP contribution in [0.1, 0.15) is 27.7 Å². The van der Waals surface area contributed by atoms with E-state index in [2.05, 4.69) is 20.6 Å². The molecular formula is C28H26N4O7. The van der Waals surface area contributed by atoms with Crippen LogP contribution in [0.4, 0.5) is 10.5 Å². The second kappa shape index (κ2) is 11.8. The van der Waals surface area contributed by atoms with E-state index in [9.17, 15) is 24.6 Å². The Balaban J connectivity index is 1.58. The Morgan fingerprint density at radius 2 is 1.72 bits per heavy atom. The molecule has 1 aromatic heterocycles. The van der Waals surface area contributed by atoms with Crippen LogP contribution < -0.4 is 25.7 Å². The second-order valence-electron chi connectivity index (χ2n) is 8.45. The highest BCUT2D eigenvalue weighted by molar-refractivity contribution is 5.91. The molecule has 0 radical (unpaired) electrons. The number of rotatable bonds is 9. The predicted molar refractivity (Wildman–Crippen MR) is 144 cm³/mol. The van der Waals surface area contributed by atoms with Gasteiger partial charge in [0, 0.05) is 11.3 Å². The molecule has 1 heterocycles. The van der Waals surface area contributed by atoms with E-state index in [0.29, 0.717) is 29.2 Å². The predicted octanol–water partition coefficient (Wildman–Crippen LogP) is 3.96. The van der Waals surface area contributed by atoms with Gasteiger partial charge in [0.15, 0.2) is 17.2 Å². The number of hydrogen-bond donors (Lipinski definition) is 5. The highest BCUT2D eigenvalue weighted by Crippen LogP contribution is 2.31. The molecule has 1 unspecified atom stereocenters. The number of carbonyl (C=O) groups excluding carboxylic acids is 1. The summed E-state index contributed by atoms with van der Waals surface area (Å²) in [6, 6.07) is 20.5. The van der Waals surface area contributed by atoms with Gasteiger partial charge in [-0.3, -0.25) is 4.79 Å². The van der Waals surface area contributed by atoms with Gasteiger partial charge in [-0.15, -0.1) is 0 Å². The molecule has 4 aromatic rings. The number of nitrogens with one attached hydrogen (secondary N) is 3. The Bertz CT molecular complexity index is 1550. The largest absolute Gasteiger partial charge is 0.501 e. The number of aromatic amines is 1. The summed E-state index contributed by atoms with van der Waals surface area (Å²) in [7, 11) is 3.08. The molecule has 0 aliphatic heterocycles. The number of amides is 2. The molecule has 0 saturated heterocycles. The van der Waals surface area contributed by atoms with Gasteiger partial charge in [-0.25, -0.2) is 14.6 Å². The fourth-order valence-corrected chi connectivity index (χ4v) is 3.99. The maximum Gasteiger partial charge on any atom is 0.358 e. The number of aromatic hydroxyl groups is 1. The minimum atomic E-state index is -1.55. The molecule has 3 aromatic carbocycles. The van der Waals surface area contributed by atoms with Crippen molar-refractivity contribution in [2.24, 2.45) is 0 Å². The molecular weight excluding hydrogens is 504 g/mol. The van der Waals surface area contributed by atoms with Gasteiger partial charge < -0.3 is 35.3 Å². The summed E-state index contributed by atoms with van der Waals surface area (Å²) in [6.07, 6.45) is 0.500. The summed E-state index contributed by atoms with van der Waals surface area (Å²) in [6.45, 7) is 0. The topological polar surface area (TPSA) is 163 Å². The van der Waals surface area contributed by atoms with Gasteiger partial charge in [0.1, 0.15) is 5.82 Å². The highest BCUT2D eigenvalue weighted by Gasteiger charge is 2.20. The number of urea groups is 1. The molecule has 11 heteroatoms. The smallest absolute Gasteiger partial charge is 0.358 e. The van der Waals surface area contributed by atoms with E-state index in [1.54, 1.807) is 37.4 Å². The molecule has 1 atom stereocenters. The number of methoxy groups -OCH3 is 2. The van der Waals surface area contributed by atoms with E-state index >= 15 is 0 Å².